The molecular weight excluding hydrogens is 644 g/mol. The molecule has 0 saturated carbocycles. The molecule has 0 radical (unpaired) electrons. The Kier molecular flexibility index (Phi) is 9.93. The van der Waals surface area contributed by atoms with Crippen molar-refractivity contribution < 1.29 is 49.8 Å². The van der Waals surface area contributed by atoms with Crippen molar-refractivity contribution in [3.63, 3.8) is 0 Å². The van der Waals surface area contributed by atoms with Gasteiger partial charge in [-0.15, -0.1) is 0 Å². The topological polar surface area (TPSA) is 200 Å². The van der Waals surface area contributed by atoms with Gasteiger partial charge in [0, 0.05) is 46.3 Å². The van der Waals surface area contributed by atoms with Gasteiger partial charge in [0.1, 0.15) is 11.5 Å². The third kappa shape index (κ3) is 7.29. The highest BCUT2D eigenvalue weighted by Gasteiger charge is 2.22. The molecule has 4 aromatic carbocycles. The number of aromatic hydroxyl groups is 2. The Bertz CT molecular complexity index is 2250. The van der Waals surface area contributed by atoms with Crippen LogP contribution >= 0.6 is 0 Å². The van der Waals surface area contributed by atoms with E-state index >= 15 is 0 Å². The zero-order chi connectivity index (χ0) is 36.3. The maximum absolute atomic E-state index is 11.6. The van der Waals surface area contributed by atoms with E-state index in [1.54, 1.807) is 67.6 Å². The number of rotatable bonds is 10. The lowest BCUT2D eigenvalue weighted by molar-refractivity contribution is -0.137. The van der Waals surface area contributed by atoms with Crippen LogP contribution in [0.25, 0.3) is 21.8 Å². The summed E-state index contributed by atoms with van der Waals surface area (Å²) in [4.78, 5) is 45.4. The van der Waals surface area contributed by atoms with Crippen LogP contribution in [0.5, 0.6) is 11.5 Å². The van der Waals surface area contributed by atoms with Crippen molar-refractivity contribution in [3.8, 4) is 11.5 Å². The Hall–Kier alpha value is -6.56. The number of carboxylic acids is 4. The van der Waals surface area contributed by atoms with Crippen LogP contribution in [0.1, 0.15) is 54.4 Å². The van der Waals surface area contributed by atoms with E-state index in [1.807, 2.05) is 28.2 Å². The summed E-state index contributed by atoms with van der Waals surface area (Å²) in [5.41, 5.74) is 5.87. The van der Waals surface area contributed by atoms with Crippen molar-refractivity contribution in [1.82, 2.24) is 9.13 Å². The van der Waals surface area contributed by atoms with Gasteiger partial charge in [0.05, 0.1) is 24.0 Å². The predicted octanol–water partition coefficient (Wildman–Crippen LogP) is 6.06. The van der Waals surface area contributed by atoms with E-state index in [2.05, 4.69) is 0 Å². The molecule has 12 nitrogen and oxygen atoms in total. The smallest absolute Gasteiger partial charge is 0.336 e. The monoisotopic (exact) mass is 678 g/mol. The molecule has 6 aromatic rings. The third-order valence-electron chi connectivity index (χ3n) is 8.57. The molecule has 0 amide bonds. The summed E-state index contributed by atoms with van der Waals surface area (Å²) in [5.74, 6) is -3.80. The van der Waals surface area contributed by atoms with E-state index in [0.29, 0.717) is 46.3 Å². The van der Waals surface area contributed by atoms with Crippen LogP contribution < -0.4 is 0 Å². The molecule has 6 rings (SSSR count). The molecule has 0 atom stereocenters. The molecule has 0 bridgehead atoms. The first kappa shape index (κ1) is 34.8. The van der Waals surface area contributed by atoms with Gasteiger partial charge in [0.2, 0.25) is 0 Å². The summed E-state index contributed by atoms with van der Waals surface area (Å²) in [6, 6.07) is 23.2. The molecule has 0 spiro atoms. The minimum Gasteiger partial charge on any atom is -0.508 e. The number of hydrogen-bond acceptors (Lipinski definition) is 6. The second-order valence-electron chi connectivity index (χ2n) is 11.8. The average molecular weight is 679 g/mol. The Morgan fingerprint density at radius 2 is 1.10 bits per heavy atom. The number of carbonyl (C=O) groups is 4. The first-order chi connectivity index (χ1) is 23.7. The fourth-order valence-corrected chi connectivity index (χ4v) is 6.29. The minimum absolute atomic E-state index is 0.0894. The van der Waals surface area contributed by atoms with Gasteiger partial charge >= 0.3 is 23.9 Å². The summed E-state index contributed by atoms with van der Waals surface area (Å²) in [7, 11) is 0. The van der Waals surface area contributed by atoms with Crippen LogP contribution in [-0.4, -0.2) is 63.7 Å². The number of aromatic nitrogens is 2. The largest absolute Gasteiger partial charge is 0.508 e. The molecule has 2 aromatic heterocycles. The van der Waals surface area contributed by atoms with Crippen molar-refractivity contribution in [2.24, 2.45) is 0 Å². The number of fused-ring (bicyclic) bond motifs is 2. The van der Waals surface area contributed by atoms with Crippen LogP contribution in [-0.2, 0) is 35.5 Å². The zero-order valence-corrected chi connectivity index (χ0v) is 27.1. The van der Waals surface area contributed by atoms with Gasteiger partial charge in [-0.1, -0.05) is 36.4 Å². The fraction of sp³-hybridized carbons (Fsp3) is 0.158. The van der Waals surface area contributed by atoms with Crippen LogP contribution in [0.2, 0.25) is 0 Å². The van der Waals surface area contributed by atoms with Gasteiger partial charge in [-0.3, -0.25) is 9.59 Å². The number of phenolic OH excluding ortho intramolecular Hbond substituents is 2. The Labute approximate surface area is 285 Å². The van der Waals surface area contributed by atoms with Gasteiger partial charge in [0.15, 0.2) is 0 Å². The van der Waals surface area contributed by atoms with E-state index in [4.69, 9.17) is 0 Å². The Morgan fingerprint density at radius 1 is 0.580 bits per heavy atom. The molecule has 6 N–H and O–H groups in total. The van der Waals surface area contributed by atoms with E-state index in [9.17, 15) is 49.8 Å². The molecule has 2 heterocycles. The zero-order valence-electron chi connectivity index (χ0n) is 27.1. The normalized spacial score (nSPS) is 10.9. The molecule has 0 aliphatic rings. The lowest BCUT2D eigenvalue weighted by Crippen LogP contribution is -2.05. The molecule has 12 heteroatoms. The van der Waals surface area contributed by atoms with Crippen molar-refractivity contribution >= 4 is 45.7 Å². The van der Waals surface area contributed by atoms with Crippen LogP contribution in [0.3, 0.4) is 0 Å². The summed E-state index contributed by atoms with van der Waals surface area (Å²) >= 11 is 0. The van der Waals surface area contributed by atoms with Crippen molar-refractivity contribution in [2.75, 3.05) is 0 Å². The summed E-state index contributed by atoms with van der Waals surface area (Å²) < 4.78 is 3.77. The number of hydrogen-bond donors (Lipinski definition) is 6. The summed E-state index contributed by atoms with van der Waals surface area (Å²) in [6.07, 6.45) is -0.387. The lowest BCUT2D eigenvalue weighted by atomic mass is 10.0. The number of aromatic carboxylic acids is 2. The average Bonchev–Trinajstić information content (AvgIpc) is 3.45. The molecule has 0 aliphatic carbocycles. The molecule has 0 aliphatic heterocycles. The Balaban J connectivity index is 0.000000194. The van der Waals surface area contributed by atoms with E-state index in [1.165, 1.54) is 12.1 Å². The maximum atomic E-state index is 11.6. The highest BCUT2D eigenvalue weighted by molar-refractivity contribution is 6.06. The first-order valence-corrected chi connectivity index (χ1v) is 15.4. The number of carboxylic acid groups (broad SMARTS) is 4. The highest BCUT2D eigenvalue weighted by atomic mass is 16.4. The van der Waals surface area contributed by atoms with Crippen LogP contribution in [0.15, 0.2) is 84.9 Å². The van der Waals surface area contributed by atoms with Gasteiger partial charge in [-0.2, -0.15) is 0 Å². The van der Waals surface area contributed by atoms with Gasteiger partial charge < -0.3 is 39.8 Å². The van der Waals surface area contributed by atoms with E-state index < -0.39 is 23.9 Å². The van der Waals surface area contributed by atoms with E-state index in [0.717, 1.165) is 22.2 Å². The fourth-order valence-electron chi connectivity index (χ4n) is 6.29. The van der Waals surface area contributed by atoms with Crippen molar-refractivity contribution in [3.05, 3.63) is 130 Å². The minimum atomic E-state index is -1.09. The number of phenols is 2. The molecule has 0 unspecified atom stereocenters. The standard InChI is InChI=1S/2C19H17NO5/c1-11-15(9-17(22)23)18-14(19(24)25)6-3-7-16(18)20(11)10-12-4-2-5-13(21)8-12;1-11-16(9-18(22)23)15-6-5-13(19(24)25)8-17(15)20(11)10-12-3-2-4-14(21)7-12/h2*2-8,21H,9-10H2,1H3,(H,22,23)(H,24,25). The second kappa shape index (κ2) is 14.3. The SMILES string of the molecule is Cc1c(CC(=O)O)c2c(C(=O)O)cccc2n1Cc1cccc(O)c1.Cc1c(CC(=O)O)c2ccc(C(=O)O)cc2n1Cc1cccc(O)c1. The maximum Gasteiger partial charge on any atom is 0.336 e. The number of aliphatic carboxylic acids is 2. The molecular formula is C38H34N2O10. The van der Waals surface area contributed by atoms with Gasteiger partial charge in [-0.25, -0.2) is 9.59 Å². The molecule has 256 valence electrons. The number of benzene rings is 4. The quantitative estimate of drug-likeness (QED) is 0.0990. The highest BCUT2D eigenvalue weighted by Crippen LogP contribution is 2.32. The molecule has 0 saturated heterocycles. The second-order valence-corrected chi connectivity index (χ2v) is 11.8. The summed E-state index contributed by atoms with van der Waals surface area (Å²) in [6.45, 7) is 4.41. The first-order valence-electron chi connectivity index (χ1n) is 15.4. The lowest BCUT2D eigenvalue weighted by Gasteiger charge is -2.10. The Morgan fingerprint density at radius 3 is 1.62 bits per heavy atom. The summed E-state index contributed by atoms with van der Waals surface area (Å²) in [5, 5.41) is 57.6. The third-order valence-corrected chi connectivity index (χ3v) is 8.57. The molecule has 50 heavy (non-hydrogen) atoms. The van der Waals surface area contributed by atoms with Crippen molar-refractivity contribution in [1.29, 1.82) is 0 Å². The molecule has 0 fully saturated rings. The van der Waals surface area contributed by atoms with E-state index in [-0.39, 0.29) is 35.5 Å². The predicted molar refractivity (Wildman–Crippen MR) is 184 cm³/mol. The van der Waals surface area contributed by atoms with Crippen molar-refractivity contribution in [2.45, 2.75) is 39.8 Å². The van der Waals surface area contributed by atoms with Gasteiger partial charge in [0.25, 0.3) is 0 Å². The van der Waals surface area contributed by atoms with Crippen LogP contribution in [0.4, 0.5) is 0 Å². The van der Waals surface area contributed by atoms with Crippen LogP contribution in [0, 0.1) is 13.8 Å². The van der Waals surface area contributed by atoms with Gasteiger partial charge in [-0.05, 0) is 84.6 Å². The number of nitrogens with zero attached hydrogens (tertiary/aromatic N) is 2.